The fraction of sp³-hybridized carbons (Fsp3) is 0.400. The van der Waals surface area contributed by atoms with Gasteiger partial charge in [-0.05, 0) is 18.5 Å². The van der Waals surface area contributed by atoms with Gasteiger partial charge in [-0.25, -0.2) is 4.98 Å². The molecule has 2 heterocycles. The number of nitrogens with one attached hydrogen (secondary N) is 1. The van der Waals surface area contributed by atoms with Crippen molar-refractivity contribution in [2.75, 3.05) is 25.0 Å². The molecule has 0 aliphatic rings. The van der Waals surface area contributed by atoms with E-state index in [0.29, 0.717) is 6.54 Å². The van der Waals surface area contributed by atoms with Crippen LogP contribution in [0.15, 0.2) is 12.7 Å². The summed E-state index contributed by atoms with van der Waals surface area (Å²) in [6.07, 6.45) is 2.80. The van der Waals surface area contributed by atoms with E-state index in [1.165, 1.54) is 17.3 Å². The minimum Gasteiger partial charge on any atom is -0.355 e. The first-order valence-corrected chi connectivity index (χ1v) is 6.22. The zero-order valence-corrected chi connectivity index (χ0v) is 11.7. The van der Waals surface area contributed by atoms with Crippen LogP contribution in [0.1, 0.15) is 6.92 Å². The highest BCUT2D eigenvalue weighted by atomic mass is 35.5. The van der Waals surface area contributed by atoms with Crippen LogP contribution in [0.2, 0.25) is 5.28 Å². The van der Waals surface area contributed by atoms with Gasteiger partial charge in [0.05, 0.1) is 6.54 Å². The van der Waals surface area contributed by atoms with Crippen LogP contribution in [0.25, 0.3) is 5.95 Å². The van der Waals surface area contributed by atoms with Crippen LogP contribution in [0.3, 0.4) is 0 Å². The van der Waals surface area contributed by atoms with Gasteiger partial charge in [0.1, 0.15) is 12.7 Å². The third-order valence-corrected chi connectivity index (χ3v) is 2.47. The molecule has 2 aromatic heterocycles. The minimum atomic E-state index is -0.131. The molecule has 9 nitrogen and oxygen atoms in total. The van der Waals surface area contributed by atoms with E-state index < -0.39 is 0 Å². The molecule has 2 aromatic rings. The third kappa shape index (κ3) is 3.38. The normalized spacial score (nSPS) is 10.3. The number of aromatic nitrogens is 6. The molecule has 0 saturated carbocycles. The maximum Gasteiger partial charge on any atom is 0.258 e. The molecule has 1 amide bonds. The summed E-state index contributed by atoms with van der Waals surface area (Å²) in [5.41, 5.74) is 0. The Morgan fingerprint density at radius 2 is 2.25 bits per heavy atom. The molecule has 106 valence electrons. The summed E-state index contributed by atoms with van der Waals surface area (Å²) < 4.78 is 1.36. The van der Waals surface area contributed by atoms with Crippen molar-refractivity contribution in [3.63, 3.8) is 0 Å². The van der Waals surface area contributed by atoms with E-state index in [-0.39, 0.29) is 29.6 Å². The standard InChI is InChI=1S/C10H13ClN8O/c1-3-13-7(20)4-18(2)9-15-8(11)16-10(17-9)19-6-12-5-14-19/h5-6H,3-4H2,1-2H3,(H,13,20). The Morgan fingerprint density at radius 3 is 2.90 bits per heavy atom. The smallest absolute Gasteiger partial charge is 0.258 e. The molecule has 0 aliphatic heterocycles. The van der Waals surface area contributed by atoms with Crippen LogP contribution < -0.4 is 10.2 Å². The fourth-order valence-corrected chi connectivity index (χ4v) is 1.60. The van der Waals surface area contributed by atoms with Gasteiger partial charge in [0.2, 0.25) is 17.1 Å². The highest BCUT2D eigenvalue weighted by Gasteiger charge is 2.13. The lowest BCUT2D eigenvalue weighted by molar-refractivity contribution is -0.119. The van der Waals surface area contributed by atoms with E-state index in [9.17, 15) is 4.79 Å². The molecule has 0 unspecified atom stereocenters. The molecule has 1 N–H and O–H groups in total. The SMILES string of the molecule is CCNC(=O)CN(C)c1nc(Cl)nc(-n2cncn2)n1. The van der Waals surface area contributed by atoms with Crippen LogP contribution in [0, 0.1) is 0 Å². The largest absolute Gasteiger partial charge is 0.355 e. The van der Waals surface area contributed by atoms with Crippen molar-refractivity contribution >= 4 is 23.5 Å². The van der Waals surface area contributed by atoms with Gasteiger partial charge < -0.3 is 10.2 Å². The number of anilines is 1. The second-order valence-corrected chi connectivity index (χ2v) is 4.19. The van der Waals surface area contributed by atoms with Crippen molar-refractivity contribution in [1.29, 1.82) is 0 Å². The number of carbonyl (C=O) groups is 1. The molecule has 0 fully saturated rings. The summed E-state index contributed by atoms with van der Waals surface area (Å²) in [5.74, 6) is 0.385. The molecular weight excluding hydrogens is 284 g/mol. The van der Waals surface area contributed by atoms with E-state index in [0.717, 1.165) is 0 Å². The first-order valence-electron chi connectivity index (χ1n) is 5.84. The van der Waals surface area contributed by atoms with E-state index in [1.54, 1.807) is 11.9 Å². The van der Waals surface area contributed by atoms with Crippen LogP contribution in [-0.2, 0) is 4.79 Å². The number of likely N-dealkylation sites (N-methyl/N-ethyl adjacent to an activating group) is 2. The monoisotopic (exact) mass is 296 g/mol. The summed E-state index contributed by atoms with van der Waals surface area (Å²) in [4.78, 5) is 29.0. The number of hydrogen-bond donors (Lipinski definition) is 1. The summed E-state index contributed by atoms with van der Waals surface area (Å²) in [7, 11) is 1.69. The highest BCUT2D eigenvalue weighted by Crippen LogP contribution is 2.11. The van der Waals surface area contributed by atoms with Crippen molar-refractivity contribution in [3.8, 4) is 5.95 Å². The van der Waals surface area contributed by atoms with Crippen molar-refractivity contribution in [1.82, 2.24) is 35.0 Å². The van der Waals surface area contributed by atoms with Gasteiger partial charge in [-0.3, -0.25) is 4.79 Å². The van der Waals surface area contributed by atoms with Crippen molar-refractivity contribution in [3.05, 3.63) is 17.9 Å². The van der Waals surface area contributed by atoms with Crippen LogP contribution in [-0.4, -0.2) is 55.8 Å². The van der Waals surface area contributed by atoms with E-state index >= 15 is 0 Å². The van der Waals surface area contributed by atoms with Crippen LogP contribution in [0.4, 0.5) is 5.95 Å². The number of carbonyl (C=O) groups excluding carboxylic acids is 1. The zero-order chi connectivity index (χ0) is 14.5. The molecule has 0 bridgehead atoms. The van der Waals surface area contributed by atoms with Gasteiger partial charge in [0.15, 0.2) is 0 Å². The summed E-state index contributed by atoms with van der Waals surface area (Å²) in [5, 5.41) is 6.62. The van der Waals surface area contributed by atoms with E-state index in [4.69, 9.17) is 11.6 Å². The van der Waals surface area contributed by atoms with Gasteiger partial charge in [0, 0.05) is 13.6 Å². The molecule has 0 spiro atoms. The zero-order valence-electron chi connectivity index (χ0n) is 11.0. The van der Waals surface area contributed by atoms with Gasteiger partial charge in [0.25, 0.3) is 5.95 Å². The van der Waals surface area contributed by atoms with Gasteiger partial charge in [-0.2, -0.15) is 24.7 Å². The maximum absolute atomic E-state index is 11.5. The topological polar surface area (TPSA) is 102 Å². The number of rotatable bonds is 5. The van der Waals surface area contributed by atoms with Crippen LogP contribution >= 0.6 is 11.6 Å². The third-order valence-electron chi connectivity index (χ3n) is 2.30. The molecule has 2 rings (SSSR count). The summed E-state index contributed by atoms with van der Waals surface area (Å²) >= 11 is 5.86. The average molecular weight is 297 g/mol. The predicted molar refractivity (Wildman–Crippen MR) is 71.7 cm³/mol. The summed E-state index contributed by atoms with van der Waals surface area (Å²) in [6, 6.07) is 0. The quantitative estimate of drug-likeness (QED) is 0.806. The van der Waals surface area contributed by atoms with Gasteiger partial charge in [-0.15, -0.1) is 0 Å². The number of hydrogen-bond acceptors (Lipinski definition) is 7. The molecule has 10 heteroatoms. The summed E-state index contributed by atoms with van der Waals surface area (Å²) in [6.45, 7) is 2.53. The average Bonchev–Trinajstić information content (AvgIpc) is 2.92. The number of amides is 1. The maximum atomic E-state index is 11.5. The lowest BCUT2D eigenvalue weighted by Crippen LogP contribution is -2.36. The molecular formula is C10H13ClN8O. The second kappa shape index (κ2) is 6.24. The Labute approximate surface area is 120 Å². The Balaban J connectivity index is 2.21. The predicted octanol–water partition coefficient (Wildman–Crippen LogP) is -0.322. The Morgan fingerprint density at radius 1 is 1.45 bits per heavy atom. The van der Waals surface area contributed by atoms with Crippen molar-refractivity contribution in [2.45, 2.75) is 6.92 Å². The Kier molecular flexibility index (Phi) is 4.41. The number of nitrogens with zero attached hydrogens (tertiary/aromatic N) is 7. The molecule has 20 heavy (non-hydrogen) atoms. The first-order chi connectivity index (χ1) is 9.60. The van der Waals surface area contributed by atoms with E-state index in [2.05, 4.69) is 30.4 Å². The molecule has 0 aliphatic carbocycles. The fourth-order valence-electron chi connectivity index (χ4n) is 1.45. The molecule has 0 atom stereocenters. The Bertz CT molecular complexity index is 587. The Hall–Kier alpha value is -2.29. The van der Waals surface area contributed by atoms with Gasteiger partial charge >= 0.3 is 0 Å². The van der Waals surface area contributed by atoms with Gasteiger partial charge in [-0.1, -0.05) is 0 Å². The lowest BCUT2D eigenvalue weighted by atomic mass is 10.5. The minimum absolute atomic E-state index is 0.0169. The van der Waals surface area contributed by atoms with E-state index in [1.807, 2.05) is 6.92 Å². The highest BCUT2D eigenvalue weighted by molar-refractivity contribution is 6.28. The first kappa shape index (κ1) is 14.1. The van der Waals surface area contributed by atoms with Crippen molar-refractivity contribution in [2.24, 2.45) is 0 Å². The number of halogens is 1. The molecule has 0 aromatic carbocycles. The van der Waals surface area contributed by atoms with Crippen molar-refractivity contribution < 1.29 is 4.79 Å². The molecule has 0 radical (unpaired) electrons. The lowest BCUT2D eigenvalue weighted by Gasteiger charge is -2.16. The molecule has 0 saturated heterocycles. The second-order valence-electron chi connectivity index (χ2n) is 3.85. The van der Waals surface area contributed by atoms with Crippen LogP contribution in [0.5, 0.6) is 0 Å².